The maximum Gasteiger partial charge on any atom is 0.501 e. The lowest BCUT2D eigenvalue weighted by Gasteiger charge is -2.72. The van der Waals surface area contributed by atoms with Crippen LogP contribution < -0.4 is 25.6 Å². The quantitative estimate of drug-likeness (QED) is 0.0135. The number of β-amino-alcohol motifs (C(OH)–C–C–N with tert-alkyl or cyclic N) is 1. The molecule has 30 heteroatoms. The molecule has 3 saturated carbocycles. The second-order valence-corrected chi connectivity index (χ2v) is 37.3. The second-order valence-electron chi connectivity index (χ2n) is 31.8. The van der Waals surface area contributed by atoms with Crippen LogP contribution in [-0.4, -0.2) is 190 Å². The third kappa shape index (κ3) is 18.9. The zero-order valence-corrected chi connectivity index (χ0v) is 64.9. The van der Waals surface area contributed by atoms with Gasteiger partial charge >= 0.3 is 11.7 Å². The van der Waals surface area contributed by atoms with Gasteiger partial charge in [0.15, 0.2) is 0 Å². The summed E-state index contributed by atoms with van der Waals surface area (Å²) in [5.74, 6) is -2.20. The Morgan fingerprint density at radius 3 is 2.07 bits per heavy atom. The van der Waals surface area contributed by atoms with Crippen LogP contribution in [0.4, 0.5) is 37.7 Å². The molecule has 1 aromatic heterocycles. The Bertz CT molecular complexity index is 4290. The summed E-state index contributed by atoms with van der Waals surface area (Å²) in [4.78, 5) is 82.3. The fourth-order valence-corrected chi connectivity index (χ4v) is 19.8. The molecule has 4 aromatic carbocycles. The van der Waals surface area contributed by atoms with Crippen molar-refractivity contribution in [3.63, 3.8) is 0 Å². The summed E-state index contributed by atoms with van der Waals surface area (Å²) >= 11 is 2.92. The van der Waals surface area contributed by atoms with E-state index in [9.17, 15) is 72.3 Å². The van der Waals surface area contributed by atoms with Gasteiger partial charge in [0.25, 0.3) is 25.8 Å². The number of carbonyl (C=O) groups is 5. The highest BCUT2D eigenvalue weighted by molar-refractivity contribution is 7.99. The van der Waals surface area contributed by atoms with E-state index in [1.54, 1.807) is 33.9 Å². The molecule has 4 heterocycles. The number of carbonyl (C=O) groups excluding carboxylic acids is 5. The van der Waals surface area contributed by atoms with E-state index in [1.807, 2.05) is 93.9 Å². The van der Waals surface area contributed by atoms with Crippen molar-refractivity contribution in [1.29, 1.82) is 0 Å². The number of thiazole rings is 1. The molecule has 3 aliphatic heterocycles. The van der Waals surface area contributed by atoms with Crippen molar-refractivity contribution in [1.82, 2.24) is 39.9 Å². The Kier molecular flexibility index (Phi) is 24.5. The van der Waals surface area contributed by atoms with Crippen LogP contribution in [0.3, 0.4) is 0 Å². The molecule has 582 valence electrons. The summed E-state index contributed by atoms with van der Waals surface area (Å²) < 4.78 is 142. The molecular weight excluding hydrogens is 1470 g/mol. The van der Waals surface area contributed by atoms with E-state index in [0.717, 1.165) is 63.7 Å². The SMILES string of the molecule is Cc1ncsc1-c1ccc([C@H](C)NC(=O)[C@@H]2C[C@@H](O)CN2C(=O)C(NC(=O)CCCCCC(=O)N2CCN(CC[C@H](CSc3ccccc3)Nc3ccc(S(=O)(=O)NC(=O)c4ccc(N5CCN(CC6=C(C78CC(C(F)(F)F)(C7)C8)CC(C)(C)CC6)CC5)cc4)cc3S(=O)(=O)C(F)(F)F)CC2)C(C)(C)C)cc1. The number of rotatable bonds is 28. The number of anilines is 2. The van der Waals surface area contributed by atoms with E-state index in [0.29, 0.717) is 90.8 Å². The van der Waals surface area contributed by atoms with Gasteiger partial charge in [-0.3, -0.25) is 33.8 Å². The number of sulfone groups is 1. The number of hydrogen-bond acceptors (Lipinski definition) is 17. The van der Waals surface area contributed by atoms with Crippen LogP contribution >= 0.6 is 23.1 Å². The Morgan fingerprint density at radius 2 is 1.44 bits per heavy atom. The molecule has 1 unspecified atom stereocenters. The minimum atomic E-state index is -6.21. The van der Waals surface area contributed by atoms with Crippen LogP contribution in [0.5, 0.6) is 0 Å². The molecule has 7 aliphatic rings. The Balaban J connectivity index is 0.641. The van der Waals surface area contributed by atoms with Crippen LogP contribution in [0.25, 0.3) is 10.4 Å². The summed E-state index contributed by atoms with van der Waals surface area (Å²) in [5.41, 5.74) is -1.23. The molecule has 5 aromatic rings. The van der Waals surface area contributed by atoms with E-state index in [1.165, 1.54) is 39.9 Å². The number of amides is 5. The molecule has 20 nitrogen and oxygen atoms in total. The number of halogens is 6. The van der Waals surface area contributed by atoms with Gasteiger partial charge in [-0.15, -0.1) is 23.1 Å². The molecule has 12 rings (SSSR count). The third-order valence-corrected chi connectivity index (χ3v) is 27.3. The zero-order chi connectivity index (χ0) is 77.2. The van der Waals surface area contributed by atoms with Gasteiger partial charge in [-0.2, -0.15) is 26.3 Å². The van der Waals surface area contributed by atoms with Crippen molar-refractivity contribution < 1.29 is 72.3 Å². The summed E-state index contributed by atoms with van der Waals surface area (Å²) in [6.07, 6.45) is 0.148. The van der Waals surface area contributed by atoms with Crippen molar-refractivity contribution in [2.24, 2.45) is 21.7 Å². The number of aryl methyl sites for hydroxylation is 1. The number of hydrogen-bond donors (Lipinski definition) is 5. The van der Waals surface area contributed by atoms with Gasteiger partial charge in [0, 0.05) is 119 Å². The van der Waals surface area contributed by atoms with Gasteiger partial charge in [-0.05, 0) is 154 Å². The fourth-order valence-electron chi connectivity index (χ4n) is 15.9. The van der Waals surface area contributed by atoms with Gasteiger partial charge in [0.2, 0.25) is 23.6 Å². The lowest BCUT2D eigenvalue weighted by atomic mass is 9.31. The molecule has 6 fully saturated rings. The number of nitrogens with one attached hydrogen (secondary N) is 4. The zero-order valence-electron chi connectivity index (χ0n) is 61.6. The topological polar surface area (TPSA) is 251 Å². The minimum Gasteiger partial charge on any atom is -0.391 e. The number of aliphatic hydroxyl groups is 1. The van der Waals surface area contributed by atoms with Gasteiger partial charge in [-0.1, -0.05) is 94.7 Å². The number of piperazine rings is 2. The van der Waals surface area contributed by atoms with Gasteiger partial charge in [0.05, 0.1) is 44.2 Å². The molecule has 0 radical (unpaired) electrons. The van der Waals surface area contributed by atoms with Gasteiger partial charge < -0.3 is 35.8 Å². The lowest BCUT2D eigenvalue weighted by molar-refractivity contribution is -0.353. The highest BCUT2D eigenvalue weighted by Gasteiger charge is 2.79. The van der Waals surface area contributed by atoms with Crippen LogP contribution in [-0.2, 0) is 39.0 Å². The number of likely N-dealkylation sites (tertiary alicyclic amines) is 1. The predicted octanol–water partition coefficient (Wildman–Crippen LogP) is 12.3. The number of alkyl halides is 6. The summed E-state index contributed by atoms with van der Waals surface area (Å²) in [6.45, 7) is 18.9. The molecule has 4 aliphatic carbocycles. The first-order valence-corrected chi connectivity index (χ1v) is 41.6. The van der Waals surface area contributed by atoms with Crippen LogP contribution in [0, 0.1) is 28.6 Å². The van der Waals surface area contributed by atoms with Gasteiger partial charge in [0.1, 0.15) is 17.0 Å². The Morgan fingerprint density at radius 1 is 0.785 bits per heavy atom. The van der Waals surface area contributed by atoms with E-state index in [4.69, 9.17) is 0 Å². The molecule has 0 spiro atoms. The number of sulfonamides is 1. The third-order valence-electron chi connectivity index (χ3n) is 22.3. The van der Waals surface area contributed by atoms with Crippen LogP contribution in [0.1, 0.15) is 153 Å². The van der Waals surface area contributed by atoms with E-state index < -0.39 is 106 Å². The standard InChI is InChI=1S/C77H98F6N10O10S4/c1-50(52-18-20-53(21-19-52)67-51(2)84-49-105-67)85-70(98)63-40-58(94)44-93(63)71(99)68(72(3,4)5)87-65(95)16-12-9-13-17-66(96)92-38-32-89(33-39-92)31-29-56(45-104-59-14-10-8-11-15-59)86-62-27-26-60(41-64(62)106(100,101)77(81,82)83)107(102,103)88-69(97)54-22-24-57(25-23-54)91-36-34-90(35-37-91)43-55-28-30-73(6,7)42-61(55)74-46-75(47-74,48-74)76(78,79)80/h8,10-11,14-15,18-27,41,49-50,56,58,63,68,86,94H,9,12-13,16-17,28-40,42-48H2,1-7H3,(H,85,98)(H,87,95)(H,88,97)/t50-,56+,58+,63-,68?,74?,75?/m0/s1. The summed E-state index contributed by atoms with van der Waals surface area (Å²) in [6, 6.07) is 22.3. The maximum atomic E-state index is 14.6. The average Bonchev–Trinajstić information content (AvgIpc) is 0.977. The number of benzene rings is 4. The van der Waals surface area contributed by atoms with Crippen molar-refractivity contribution in [3.05, 3.63) is 131 Å². The van der Waals surface area contributed by atoms with Crippen molar-refractivity contribution in [2.75, 3.05) is 88.0 Å². The lowest BCUT2D eigenvalue weighted by Crippen LogP contribution is -2.69. The van der Waals surface area contributed by atoms with Crippen LogP contribution in [0.15, 0.2) is 128 Å². The minimum absolute atomic E-state index is 0.0204. The molecule has 107 heavy (non-hydrogen) atoms. The molecule has 2 bridgehead atoms. The number of thioether (sulfide) groups is 1. The van der Waals surface area contributed by atoms with Crippen molar-refractivity contribution >= 4 is 83.9 Å². The van der Waals surface area contributed by atoms with E-state index >= 15 is 0 Å². The number of allylic oxidation sites excluding steroid dienone is 1. The van der Waals surface area contributed by atoms with Crippen molar-refractivity contribution in [2.45, 2.75) is 189 Å². The number of aromatic nitrogens is 1. The first kappa shape index (κ1) is 80.9. The largest absolute Gasteiger partial charge is 0.501 e. The number of aliphatic hydroxyl groups excluding tert-OH is 1. The first-order chi connectivity index (χ1) is 50.3. The average molecular weight is 1570 g/mol. The molecule has 5 N–H and O–H groups in total. The van der Waals surface area contributed by atoms with Gasteiger partial charge in [-0.25, -0.2) is 26.5 Å². The number of unbranched alkanes of at least 4 members (excludes halogenated alkanes) is 2. The summed E-state index contributed by atoms with van der Waals surface area (Å²) in [7, 11) is -11.2. The molecule has 5 amide bonds. The Hall–Kier alpha value is -7.09. The second kappa shape index (κ2) is 32.5. The maximum absolute atomic E-state index is 14.6. The Labute approximate surface area is 631 Å². The van der Waals surface area contributed by atoms with Crippen molar-refractivity contribution in [3.8, 4) is 10.4 Å². The normalized spacial score (nSPS) is 22.5. The van der Waals surface area contributed by atoms with E-state index in [-0.39, 0.29) is 85.5 Å². The first-order valence-electron chi connectivity index (χ1n) is 36.7. The molecule has 3 saturated heterocycles. The highest BCUT2D eigenvalue weighted by Crippen LogP contribution is 2.82. The predicted molar refractivity (Wildman–Crippen MR) is 401 cm³/mol. The summed E-state index contributed by atoms with van der Waals surface area (Å²) in [5, 5.41) is 19.7. The highest BCUT2D eigenvalue weighted by atomic mass is 32.2. The monoisotopic (exact) mass is 1560 g/mol. The van der Waals surface area contributed by atoms with E-state index in [2.05, 4.69) is 49.5 Å². The molecular formula is C77H98F6N10O10S4. The van der Waals surface area contributed by atoms with Crippen LogP contribution in [0.2, 0.25) is 0 Å². The number of nitrogens with zero attached hydrogens (tertiary/aromatic N) is 6. The fraction of sp³-hybridized carbons (Fsp3) is 0.558. The smallest absolute Gasteiger partial charge is 0.391 e. The molecule has 5 atom stereocenters.